The van der Waals surface area contributed by atoms with E-state index in [2.05, 4.69) is 10.3 Å². The topological polar surface area (TPSA) is 110 Å². The second-order valence-electron chi connectivity index (χ2n) is 7.52. The van der Waals surface area contributed by atoms with Crippen molar-refractivity contribution >= 4 is 40.6 Å². The van der Waals surface area contributed by atoms with Crippen LogP contribution < -0.4 is 14.8 Å². The SMILES string of the molecule is COc1cc(/C=C2\SC(=Nc3ccc(C)c(C)c3)NC2=O)ccc1OCc1ccc(C(=O)O)o1. The van der Waals surface area contributed by atoms with Gasteiger partial charge >= 0.3 is 5.97 Å². The average molecular weight is 479 g/mol. The molecule has 34 heavy (non-hydrogen) atoms. The van der Waals surface area contributed by atoms with Crippen LogP contribution in [0.1, 0.15) is 33.0 Å². The van der Waals surface area contributed by atoms with Crippen molar-refractivity contribution in [2.45, 2.75) is 20.5 Å². The van der Waals surface area contributed by atoms with Crippen molar-refractivity contribution in [3.63, 3.8) is 0 Å². The summed E-state index contributed by atoms with van der Waals surface area (Å²) in [6.07, 6.45) is 1.75. The number of hydrogen-bond donors (Lipinski definition) is 2. The molecule has 0 bridgehead atoms. The quantitative estimate of drug-likeness (QED) is 0.456. The molecule has 1 saturated heterocycles. The smallest absolute Gasteiger partial charge is 0.371 e. The van der Waals surface area contributed by atoms with E-state index in [9.17, 15) is 9.59 Å². The number of benzene rings is 2. The predicted octanol–water partition coefficient (Wildman–Crippen LogP) is 5.07. The van der Waals surface area contributed by atoms with Gasteiger partial charge in [0.15, 0.2) is 16.7 Å². The number of thioether (sulfide) groups is 1. The Morgan fingerprint density at radius 1 is 1.12 bits per heavy atom. The molecular formula is C25H22N2O6S. The highest BCUT2D eigenvalue weighted by atomic mass is 32.2. The van der Waals surface area contributed by atoms with Gasteiger partial charge in [0.2, 0.25) is 5.76 Å². The molecule has 0 unspecified atom stereocenters. The van der Waals surface area contributed by atoms with Gasteiger partial charge in [-0.3, -0.25) is 4.79 Å². The van der Waals surface area contributed by atoms with Crippen molar-refractivity contribution in [3.05, 3.63) is 81.6 Å². The zero-order chi connectivity index (χ0) is 24.2. The summed E-state index contributed by atoms with van der Waals surface area (Å²) < 4.78 is 16.3. The first-order chi connectivity index (χ1) is 16.3. The number of aryl methyl sites for hydroxylation is 2. The standard InChI is InChI=1S/C25H22N2O6S/c1-14-4-6-17(10-15(14)2)26-25-27-23(28)22(34-25)12-16-5-8-19(21(11-16)31-3)32-13-18-7-9-20(33-18)24(29)30/h4-12H,13H2,1-3H3,(H,29,30)(H,26,27,28)/b22-12-. The molecule has 0 radical (unpaired) electrons. The Hall–Kier alpha value is -3.98. The normalized spacial score (nSPS) is 15.6. The number of nitrogens with zero attached hydrogens (tertiary/aromatic N) is 1. The zero-order valence-electron chi connectivity index (χ0n) is 18.7. The summed E-state index contributed by atoms with van der Waals surface area (Å²) >= 11 is 1.27. The summed E-state index contributed by atoms with van der Waals surface area (Å²) in [5, 5.41) is 12.3. The number of aliphatic imine (C=N–C) groups is 1. The number of carboxylic acid groups (broad SMARTS) is 1. The van der Waals surface area contributed by atoms with Crippen LogP contribution in [-0.4, -0.2) is 29.3 Å². The van der Waals surface area contributed by atoms with Crippen molar-refractivity contribution in [1.29, 1.82) is 0 Å². The van der Waals surface area contributed by atoms with Crippen LogP contribution in [0, 0.1) is 13.8 Å². The lowest BCUT2D eigenvalue weighted by Crippen LogP contribution is -2.19. The van der Waals surface area contributed by atoms with Crippen LogP contribution in [0.25, 0.3) is 6.08 Å². The van der Waals surface area contributed by atoms with Crippen LogP contribution in [0.3, 0.4) is 0 Å². The largest absolute Gasteiger partial charge is 0.493 e. The van der Waals surface area contributed by atoms with Crippen LogP contribution in [0.15, 0.2) is 62.8 Å². The van der Waals surface area contributed by atoms with Crippen LogP contribution >= 0.6 is 11.8 Å². The first kappa shape index (κ1) is 23.2. The number of hydrogen-bond acceptors (Lipinski definition) is 7. The molecule has 0 atom stereocenters. The second-order valence-corrected chi connectivity index (χ2v) is 8.55. The zero-order valence-corrected chi connectivity index (χ0v) is 19.6. The number of carbonyl (C=O) groups excluding carboxylic acids is 1. The molecular weight excluding hydrogens is 456 g/mol. The lowest BCUT2D eigenvalue weighted by molar-refractivity contribution is -0.115. The van der Waals surface area contributed by atoms with Gasteiger partial charge < -0.3 is 24.3 Å². The van der Waals surface area contributed by atoms with Gasteiger partial charge in [0, 0.05) is 0 Å². The number of aromatic carboxylic acids is 1. The van der Waals surface area contributed by atoms with Crippen LogP contribution in [0.2, 0.25) is 0 Å². The fraction of sp³-hybridized carbons (Fsp3) is 0.160. The Labute approximate surface area is 200 Å². The van der Waals surface area contributed by atoms with Crippen molar-refractivity contribution in [2.75, 3.05) is 7.11 Å². The minimum Gasteiger partial charge on any atom is -0.493 e. The third kappa shape index (κ3) is 5.32. The van der Waals surface area contributed by atoms with Crippen molar-refractivity contribution in [1.82, 2.24) is 5.32 Å². The Bertz CT molecular complexity index is 1320. The molecule has 1 fully saturated rings. The molecule has 1 amide bonds. The van der Waals surface area contributed by atoms with E-state index in [1.165, 1.54) is 30.5 Å². The van der Waals surface area contributed by atoms with Gasteiger partial charge in [0.05, 0.1) is 17.7 Å². The lowest BCUT2D eigenvalue weighted by Gasteiger charge is -2.10. The number of nitrogens with one attached hydrogen (secondary N) is 1. The highest BCUT2D eigenvalue weighted by Crippen LogP contribution is 2.33. The number of furan rings is 1. The molecule has 2 aromatic carbocycles. The van der Waals surface area contributed by atoms with Crippen molar-refractivity contribution < 1.29 is 28.6 Å². The minimum atomic E-state index is -1.14. The number of amides is 1. The Kier molecular flexibility index (Phi) is 6.74. The second kappa shape index (κ2) is 9.88. The third-order valence-electron chi connectivity index (χ3n) is 5.10. The number of rotatable bonds is 7. The summed E-state index contributed by atoms with van der Waals surface area (Å²) in [5.41, 5.74) is 3.85. The molecule has 3 aromatic rings. The molecule has 174 valence electrons. The van der Waals surface area contributed by atoms with E-state index in [1.54, 1.807) is 30.3 Å². The van der Waals surface area contributed by atoms with Gasteiger partial charge in [0.1, 0.15) is 12.4 Å². The predicted molar refractivity (Wildman–Crippen MR) is 130 cm³/mol. The maximum atomic E-state index is 12.4. The molecule has 4 rings (SSSR count). The minimum absolute atomic E-state index is 0.0423. The van der Waals surface area contributed by atoms with E-state index in [0.29, 0.717) is 27.3 Å². The van der Waals surface area contributed by atoms with Crippen LogP contribution in [0.5, 0.6) is 11.5 Å². The molecule has 9 heteroatoms. The van der Waals surface area contributed by atoms with Crippen LogP contribution in [0.4, 0.5) is 5.69 Å². The fourth-order valence-electron chi connectivity index (χ4n) is 3.16. The molecule has 0 spiro atoms. The lowest BCUT2D eigenvalue weighted by atomic mass is 10.1. The summed E-state index contributed by atoms with van der Waals surface area (Å²) in [4.78, 5) is 28.4. The molecule has 0 saturated carbocycles. The number of amidine groups is 1. The molecule has 1 aromatic heterocycles. The van der Waals surface area contributed by atoms with Gasteiger partial charge in [-0.05, 0) is 84.8 Å². The molecule has 2 heterocycles. The number of carboxylic acids is 1. The molecule has 8 nitrogen and oxygen atoms in total. The highest BCUT2D eigenvalue weighted by Gasteiger charge is 2.24. The van der Waals surface area contributed by atoms with E-state index in [0.717, 1.165) is 16.8 Å². The molecule has 2 N–H and O–H groups in total. The summed E-state index contributed by atoms with van der Waals surface area (Å²) in [5.74, 6) is -0.220. The number of ether oxygens (including phenoxy) is 2. The Morgan fingerprint density at radius 3 is 2.65 bits per heavy atom. The fourth-order valence-corrected chi connectivity index (χ4v) is 4.00. The highest BCUT2D eigenvalue weighted by molar-refractivity contribution is 8.18. The Balaban J connectivity index is 1.47. The van der Waals surface area contributed by atoms with Crippen molar-refractivity contribution in [3.8, 4) is 11.5 Å². The van der Waals surface area contributed by atoms with Gasteiger partial charge in [-0.15, -0.1) is 0 Å². The number of methoxy groups -OCH3 is 1. The summed E-state index contributed by atoms with van der Waals surface area (Å²) in [7, 11) is 1.51. The molecule has 1 aliphatic rings. The molecule has 0 aliphatic carbocycles. The Morgan fingerprint density at radius 2 is 1.94 bits per heavy atom. The van der Waals surface area contributed by atoms with Gasteiger partial charge in [-0.1, -0.05) is 12.1 Å². The first-order valence-corrected chi connectivity index (χ1v) is 11.1. The summed E-state index contributed by atoms with van der Waals surface area (Å²) in [6.45, 7) is 4.10. The van der Waals surface area contributed by atoms with Crippen molar-refractivity contribution in [2.24, 2.45) is 4.99 Å². The first-order valence-electron chi connectivity index (χ1n) is 10.3. The van der Waals surface area contributed by atoms with E-state index < -0.39 is 5.97 Å². The maximum Gasteiger partial charge on any atom is 0.371 e. The summed E-state index contributed by atoms with van der Waals surface area (Å²) in [6, 6.07) is 14.1. The van der Waals surface area contributed by atoms with E-state index in [4.69, 9.17) is 19.0 Å². The van der Waals surface area contributed by atoms with Gasteiger partial charge in [-0.25, -0.2) is 9.79 Å². The van der Waals surface area contributed by atoms with Gasteiger partial charge in [-0.2, -0.15) is 0 Å². The van der Waals surface area contributed by atoms with E-state index >= 15 is 0 Å². The monoisotopic (exact) mass is 478 g/mol. The molecule has 1 aliphatic heterocycles. The van der Waals surface area contributed by atoms with Crippen LogP contribution in [-0.2, 0) is 11.4 Å². The average Bonchev–Trinajstić information content (AvgIpc) is 3.42. The van der Waals surface area contributed by atoms with Gasteiger partial charge in [0.25, 0.3) is 5.91 Å². The van der Waals surface area contributed by atoms with E-state index in [-0.39, 0.29) is 18.3 Å². The van der Waals surface area contributed by atoms with E-state index in [1.807, 2.05) is 32.0 Å². The third-order valence-corrected chi connectivity index (χ3v) is 6.01. The maximum absolute atomic E-state index is 12.4. The number of carbonyl (C=O) groups is 2.